The zero-order valence-corrected chi connectivity index (χ0v) is 23.3. The summed E-state index contributed by atoms with van der Waals surface area (Å²) in [5.74, 6) is 0. The standard InChI is InChI=1S/C38H42/c1-3-5-25-37(33-21-11-7-17-29(33)30-18-8-12-22-34(30)37)27-15-16-28-38(26-6-4-2)35-23-13-9-19-31(35)32-20-10-14-24-36(32)38/h7-14,17-24H,3-6,15-16,25-28H2,1-2H3. The van der Waals surface area contributed by atoms with E-state index in [0.717, 1.165) is 0 Å². The molecule has 0 atom stereocenters. The Balaban J connectivity index is 1.31. The maximum absolute atomic E-state index is 2.43. The summed E-state index contributed by atoms with van der Waals surface area (Å²) in [5.41, 5.74) is 12.5. The van der Waals surface area contributed by atoms with Crippen molar-refractivity contribution in [3.8, 4) is 22.3 Å². The molecule has 0 N–H and O–H groups in total. The average molecular weight is 499 g/mol. The van der Waals surface area contributed by atoms with E-state index in [9.17, 15) is 0 Å². The molecule has 6 rings (SSSR count). The average Bonchev–Trinajstić information content (AvgIpc) is 3.42. The van der Waals surface area contributed by atoms with Crippen LogP contribution in [-0.2, 0) is 10.8 Å². The van der Waals surface area contributed by atoms with Crippen LogP contribution in [0.5, 0.6) is 0 Å². The van der Waals surface area contributed by atoms with Crippen molar-refractivity contribution in [3.63, 3.8) is 0 Å². The summed E-state index contributed by atoms with van der Waals surface area (Å²) >= 11 is 0. The van der Waals surface area contributed by atoms with Crippen LogP contribution in [0.15, 0.2) is 97.1 Å². The lowest BCUT2D eigenvalue weighted by Gasteiger charge is -2.35. The van der Waals surface area contributed by atoms with Crippen molar-refractivity contribution >= 4 is 0 Å². The van der Waals surface area contributed by atoms with Crippen LogP contribution in [0.25, 0.3) is 22.3 Å². The molecule has 0 unspecified atom stereocenters. The van der Waals surface area contributed by atoms with E-state index in [2.05, 4.69) is 111 Å². The van der Waals surface area contributed by atoms with E-state index in [1.54, 1.807) is 22.3 Å². The molecule has 2 aliphatic carbocycles. The van der Waals surface area contributed by atoms with Crippen LogP contribution in [0, 0.1) is 0 Å². The van der Waals surface area contributed by atoms with Crippen molar-refractivity contribution in [3.05, 3.63) is 119 Å². The smallest absolute Gasteiger partial charge is 0.0215 e. The summed E-state index contributed by atoms with van der Waals surface area (Å²) in [6.07, 6.45) is 12.6. The first-order valence-electron chi connectivity index (χ1n) is 15.1. The molecule has 0 heterocycles. The van der Waals surface area contributed by atoms with E-state index >= 15 is 0 Å². The second-order valence-electron chi connectivity index (χ2n) is 11.8. The van der Waals surface area contributed by atoms with E-state index in [1.807, 2.05) is 0 Å². The van der Waals surface area contributed by atoms with Gasteiger partial charge in [-0.1, -0.05) is 149 Å². The Bertz CT molecular complexity index is 1210. The predicted octanol–water partition coefficient (Wildman–Crippen LogP) is 10.9. The van der Waals surface area contributed by atoms with Crippen LogP contribution in [-0.4, -0.2) is 0 Å². The van der Waals surface area contributed by atoms with E-state index < -0.39 is 0 Å². The fourth-order valence-electron chi connectivity index (χ4n) is 7.97. The fraction of sp³-hybridized carbons (Fsp3) is 0.368. The fourth-order valence-corrected chi connectivity index (χ4v) is 7.97. The van der Waals surface area contributed by atoms with Crippen molar-refractivity contribution < 1.29 is 0 Å². The molecule has 0 bridgehead atoms. The normalized spacial score (nSPS) is 15.5. The minimum atomic E-state index is 0.158. The highest BCUT2D eigenvalue weighted by Crippen LogP contribution is 2.56. The quantitative estimate of drug-likeness (QED) is 0.180. The highest BCUT2D eigenvalue weighted by Gasteiger charge is 2.44. The van der Waals surface area contributed by atoms with Gasteiger partial charge in [-0.15, -0.1) is 0 Å². The summed E-state index contributed by atoms with van der Waals surface area (Å²) in [6.45, 7) is 4.68. The van der Waals surface area contributed by atoms with E-state index in [0.29, 0.717) is 0 Å². The lowest BCUT2D eigenvalue weighted by atomic mass is 9.68. The molecule has 38 heavy (non-hydrogen) atoms. The van der Waals surface area contributed by atoms with Gasteiger partial charge in [-0.25, -0.2) is 0 Å². The third-order valence-electron chi connectivity index (χ3n) is 9.72. The molecule has 0 saturated heterocycles. The SMILES string of the molecule is CCCCC1(CCCCC2(CCCC)c3ccccc3-c3ccccc32)c2ccccc2-c2ccccc21. The summed E-state index contributed by atoms with van der Waals surface area (Å²) in [6, 6.07) is 37.1. The topological polar surface area (TPSA) is 0 Å². The lowest BCUT2D eigenvalue weighted by molar-refractivity contribution is 0.371. The molecular weight excluding hydrogens is 456 g/mol. The first kappa shape index (κ1) is 25.2. The Morgan fingerprint density at radius 3 is 0.921 bits per heavy atom. The second kappa shape index (κ2) is 10.6. The molecule has 194 valence electrons. The molecule has 0 aromatic heterocycles. The highest BCUT2D eigenvalue weighted by atomic mass is 14.5. The molecule has 4 aromatic rings. The van der Waals surface area contributed by atoms with Crippen LogP contribution < -0.4 is 0 Å². The Labute approximate surface area is 230 Å². The molecule has 2 aliphatic rings. The number of hydrogen-bond donors (Lipinski definition) is 0. The lowest BCUT2D eigenvalue weighted by Crippen LogP contribution is -2.27. The van der Waals surface area contributed by atoms with Gasteiger partial charge >= 0.3 is 0 Å². The monoisotopic (exact) mass is 498 g/mol. The van der Waals surface area contributed by atoms with Gasteiger partial charge in [0.05, 0.1) is 0 Å². The van der Waals surface area contributed by atoms with Crippen LogP contribution in [0.1, 0.15) is 100 Å². The number of unbranched alkanes of at least 4 members (excludes halogenated alkanes) is 3. The Morgan fingerprint density at radius 1 is 0.368 bits per heavy atom. The molecule has 4 aromatic carbocycles. The predicted molar refractivity (Wildman–Crippen MR) is 163 cm³/mol. The van der Waals surface area contributed by atoms with E-state index in [1.165, 1.54) is 86.5 Å². The summed E-state index contributed by atoms with van der Waals surface area (Å²) in [4.78, 5) is 0. The van der Waals surface area contributed by atoms with Gasteiger partial charge in [0.15, 0.2) is 0 Å². The van der Waals surface area contributed by atoms with Gasteiger partial charge in [-0.05, 0) is 70.2 Å². The van der Waals surface area contributed by atoms with Crippen LogP contribution in [0.3, 0.4) is 0 Å². The van der Waals surface area contributed by atoms with Gasteiger partial charge < -0.3 is 0 Å². The molecule has 0 aliphatic heterocycles. The largest absolute Gasteiger partial charge is 0.0654 e. The van der Waals surface area contributed by atoms with Gasteiger partial charge in [0, 0.05) is 10.8 Å². The Morgan fingerprint density at radius 2 is 0.632 bits per heavy atom. The number of fused-ring (bicyclic) bond motifs is 6. The van der Waals surface area contributed by atoms with Gasteiger partial charge in [-0.2, -0.15) is 0 Å². The molecule has 0 amide bonds. The molecule has 0 saturated carbocycles. The molecule has 0 radical (unpaired) electrons. The van der Waals surface area contributed by atoms with Gasteiger partial charge in [0.2, 0.25) is 0 Å². The van der Waals surface area contributed by atoms with Gasteiger partial charge in [-0.3, -0.25) is 0 Å². The van der Waals surface area contributed by atoms with Gasteiger partial charge in [0.1, 0.15) is 0 Å². The summed E-state index contributed by atoms with van der Waals surface area (Å²) in [7, 11) is 0. The molecule has 0 spiro atoms. The third-order valence-corrected chi connectivity index (χ3v) is 9.72. The number of benzene rings is 4. The number of hydrogen-bond acceptors (Lipinski definition) is 0. The first-order chi connectivity index (χ1) is 18.7. The van der Waals surface area contributed by atoms with Crippen molar-refractivity contribution in [2.75, 3.05) is 0 Å². The third kappa shape index (κ3) is 3.96. The van der Waals surface area contributed by atoms with Crippen LogP contribution >= 0.6 is 0 Å². The minimum absolute atomic E-state index is 0.158. The highest BCUT2D eigenvalue weighted by molar-refractivity contribution is 5.82. The summed E-state index contributed by atoms with van der Waals surface area (Å²) in [5, 5.41) is 0. The molecule has 0 fully saturated rings. The van der Waals surface area contributed by atoms with Crippen LogP contribution in [0.4, 0.5) is 0 Å². The van der Waals surface area contributed by atoms with Crippen molar-refractivity contribution in [2.24, 2.45) is 0 Å². The molecule has 0 heteroatoms. The Kier molecular flexibility index (Phi) is 7.00. The zero-order chi connectivity index (χ0) is 26.0. The van der Waals surface area contributed by atoms with Gasteiger partial charge in [0.25, 0.3) is 0 Å². The zero-order valence-electron chi connectivity index (χ0n) is 23.3. The minimum Gasteiger partial charge on any atom is -0.0654 e. The first-order valence-corrected chi connectivity index (χ1v) is 15.1. The Hall–Kier alpha value is -3.12. The van der Waals surface area contributed by atoms with Crippen LogP contribution in [0.2, 0.25) is 0 Å². The van der Waals surface area contributed by atoms with Crippen molar-refractivity contribution in [1.82, 2.24) is 0 Å². The summed E-state index contributed by atoms with van der Waals surface area (Å²) < 4.78 is 0. The molecule has 0 nitrogen and oxygen atoms in total. The van der Waals surface area contributed by atoms with E-state index in [4.69, 9.17) is 0 Å². The number of rotatable bonds is 11. The van der Waals surface area contributed by atoms with Crippen molar-refractivity contribution in [1.29, 1.82) is 0 Å². The maximum Gasteiger partial charge on any atom is 0.0215 e. The molecular formula is C38H42. The second-order valence-corrected chi connectivity index (χ2v) is 11.8. The maximum atomic E-state index is 2.43. The van der Waals surface area contributed by atoms with Crippen molar-refractivity contribution in [2.45, 2.75) is 88.9 Å². The van der Waals surface area contributed by atoms with E-state index in [-0.39, 0.29) is 10.8 Å².